The normalized spacial score (nSPS) is 12.4. The van der Waals surface area contributed by atoms with Crippen LogP contribution in [-0.2, 0) is 13.1 Å². The van der Waals surface area contributed by atoms with E-state index in [0.29, 0.717) is 13.1 Å². The second-order valence-electron chi connectivity index (χ2n) is 5.56. The van der Waals surface area contributed by atoms with Crippen molar-refractivity contribution in [2.75, 3.05) is 13.1 Å². The van der Waals surface area contributed by atoms with Crippen LogP contribution in [0.15, 0.2) is 24.3 Å². The highest BCUT2D eigenvalue weighted by atomic mass is 19.4. The van der Waals surface area contributed by atoms with E-state index in [1.807, 2.05) is 24.3 Å². The molecule has 0 heterocycles. The minimum atomic E-state index is -4.17. The van der Waals surface area contributed by atoms with Gasteiger partial charge in [-0.05, 0) is 37.9 Å². The molecule has 0 aromatic heterocycles. The molecule has 0 amide bonds. The van der Waals surface area contributed by atoms with Gasteiger partial charge in [0.2, 0.25) is 0 Å². The Bertz CT molecular complexity index is 416. The summed E-state index contributed by atoms with van der Waals surface area (Å²) in [5.74, 6) is 0. The lowest BCUT2D eigenvalue weighted by Gasteiger charge is -2.28. The molecule has 0 fully saturated rings. The fourth-order valence-corrected chi connectivity index (χ4v) is 2.15. The fraction of sp³-hybridized carbons (Fsp3) is 0.625. The topological polar surface area (TPSA) is 15.3 Å². The highest BCUT2D eigenvalue weighted by molar-refractivity contribution is 5.27. The molecule has 0 saturated carbocycles. The van der Waals surface area contributed by atoms with E-state index >= 15 is 0 Å². The summed E-state index contributed by atoms with van der Waals surface area (Å²) in [5, 5.41) is 3.30. The number of alkyl halides is 3. The van der Waals surface area contributed by atoms with Gasteiger partial charge in [0.05, 0.1) is 6.54 Å². The SMILES string of the molecule is CCCNCc1ccccc1CN(CC(F)(F)F)C(C)C. The molecule has 1 N–H and O–H groups in total. The van der Waals surface area contributed by atoms with Gasteiger partial charge >= 0.3 is 6.18 Å². The maximum Gasteiger partial charge on any atom is 0.401 e. The summed E-state index contributed by atoms with van der Waals surface area (Å²) < 4.78 is 38.0. The largest absolute Gasteiger partial charge is 0.401 e. The van der Waals surface area contributed by atoms with Crippen LogP contribution in [-0.4, -0.2) is 30.2 Å². The second kappa shape index (κ2) is 8.39. The number of rotatable bonds is 8. The Hall–Kier alpha value is -1.07. The van der Waals surface area contributed by atoms with Gasteiger partial charge in [0.15, 0.2) is 0 Å². The van der Waals surface area contributed by atoms with Crippen molar-refractivity contribution >= 4 is 0 Å². The maximum atomic E-state index is 12.7. The first-order chi connectivity index (χ1) is 9.83. The zero-order valence-electron chi connectivity index (χ0n) is 13.0. The molecule has 1 aromatic rings. The summed E-state index contributed by atoms with van der Waals surface area (Å²) in [6.07, 6.45) is -3.13. The van der Waals surface area contributed by atoms with Crippen LogP contribution >= 0.6 is 0 Å². The summed E-state index contributed by atoms with van der Waals surface area (Å²) in [6.45, 7) is 6.73. The van der Waals surface area contributed by atoms with Gasteiger partial charge in [-0.15, -0.1) is 0 Å². The van der Waals surface area contributed by atoms with Gasteiger partial charge in [0, 0.05) is 19.1 Å². The van der Waals surface area contributed by atoms with Gasteiger partial charge < -0.3 is 5.32 Å². The van der Waals surface area contributed by atoms with Crippen LogP contribution in [0.4, 0.5) is 13.2 Å². The number of benzene rings is 1. The Kier molecular flexibility index (Phi) is 7.18. The molecular formula is C16H25F3N2. The monoisotopic (exact) mass is 302 g/mol. The van der Waals surface area contributed by atoms with Crippen molar-refractivity contribution in [1.82, 2.24) is 10.2 Å². The van der Waals surface area contributed by atoms with Crippen LogP contribution in [0.3, 0.4) is 0 Å². The molecule has 0 aliphatic heterocycles. The predicted molar refractivity (Wildman–Crippen MR) is 80.0 cm³/mol. The van der Waals surface area contributed by atoms with Crippen LogP contribution in [0.2, 0.25) is 0 Å². The third-order valence-electron chi connectivity index (χ3n) is 3.35. The highest BCUT2D eigenvalue weighted by Gasteiger charge is 2.31. The summed E-state index contributed by atoms with van der Waals surface area (Å²) in [7, 11) is 0. The third kappa shape index (κ3) is 6.96. The van der Waals surface area contributed by atoms with E-state index in [-0.39, 0.29) is 6.04 Å². The summed E-state index contributed by atoms with van der Waals surface area (Å²) in [4.78, 5) is 1.46. The van der Waals surface area contributed by atoms with E-state index in [4.69, 9.17) is 0 Å². The average Bonchev–Trinajstić information content (AvgIpc) is 2.38. The number of halogens is 3. The van der Waals surface area contributed by atoms with Crippen molar-refractivity contribution < 1.29 is 13.2 Å². The molecule has 0 unspecified atom stereocenters. The first-order valence-electron chi connectivity index (χ1n) is 7.41. The molecule has 120 valence electrons. The molecule has 0 spiro atoms. The number of nitrogens with zero attached hydrogens (tertiary/aromatic N) is 1. The Morgan fingerprint density at radius 2 is 1.76 bits per heavy atom. The van der Waals surface area contributed by atoms with Crippen LogP contribution in [0.1, 0.15) is 38.3 Å². The van der Waals surface area contributed by atoms with Crippen LogP contribution in [0, 0.1) is 0 Å². The van der Waals surface area contributed by atoms with Crippen molar-refractivity contribution in [2.45, 2.75) is 52.5 Å². The predicted octanol–water partition coefficient (Wildman–Crippen LogP) is 3.96. The van der Waals surface area contributed by atoms with Gasteiger partial charge in [-0.3, -0.25) is 4.90 Å². The number of nitrogens with one attached hydrogen (secondary N) is 1. The lowest BCUT2D eigenvalue weighted by Crippen LogP contribution is -2.38. The van der Waals surface area contributed by atoms with Gasteiger partial charge in [-0.25, -0.2) is 0 Å². The van der Waals surface area contributed by atoms with E-state index in [1.165, 1.54) is 4.90 Å². The first-order valence-corrected chi connectivity index (χ1v) is 7.41. The molecule has 0 saturated heterocycles. The van der Waals surface area contributed by atoms with Crippen molar-refractivity contribution in [2.24, 2.45) is 0 Å². The van der Waals surface area contributed by atoms with Crippen molar-refractivity contribution in [3.8, 4) is 0 Å². The molecule has 21 heavy (non-hydrogen) atoms. The second-order valence-corrected chi connectivity index (χ2v) is 5.56. The Balaban J connectivity index is 2.78. The van der Waals surface area contributed by atoms with Gasteiger partial charge in [0.25, 0.3) is 0 Å². The number of hydrogen-bond acceptors (Lipinski definition) is 2. The first kappa shape index (κ1) is 18.0. The molecule has 5 heteroatoms. The zero-order valence-corrected chi connectivity index (χ0v) is 13.0. The van der Waals surface area contributed by atoms with E-state index in [1.54, 1.807) is 13.8 Å². The van der Waals surface area contributed by atoms with Crippen LogP contribution in [0.5, 0.6) is 0 Å². The third-order valence-corrected chi connectivity index (χ3v) is 3.35. The Labute approximate surface area is 125 Å². The summed E-state index contributed by atoms with van der Waals surface area (Å²) in [5.41, 5.74) is 2.03. The molecule has 0 bridgehead atoms. The summed E-state index contributed by atoms with van der Waals surface area (Å²) in [6, 6.07) is 7.54. The average molecular weight is 302 g/mol. The Morgan fingerprint density at radius 3 is 2.29 bits per heavy atom. The van der Waals surface area contributed by atoms with Gasteiger partial charge in [0.1, 0.15) is 0 Å². The van der Waals surface area contributed by atoms with Crippen LogP contribution < -0.4 is 5.32 Å². The molecule has 2 nitrogen and oxygen atoms in total. The maximum absolute atomic E-state index is 12.7. The van der Waals surface area contributed by atoms with Gasteiger partial charge in [-0.1, -0.05) is 31.2 Å². The summed E-state index contributed by atoms with van der Waals surface area (Å²) >= 11 is 0. The molecule has 0 aliphatic carbocycles. The van der Waals surface area contributed by atoms with Gasteiger partial charge in [-0.2, -0.15) is 13.2 Å². The van der Waals surface area contributed by atoms with E-state index in [2.05, 4.69) is 12.2 Å². The smallest absolute Gasteiger partial charge is 0.313 e. The number of hydrogen-bond donors (Lipinski definition) is 1. The standard InChI is InChI=1S/C16H25F3N2/c1-4-9-20-10-14-7-5-6-8-15(14)11-21(13(2)3)12-16(17,18)19/h5-8,13,20H,4,9-12H2,1-3H3. The highest BCUT2D eigenvalue weighted by Crippen LogP contribution is 2.21. The van der Waals surface area contributed by atoms with Crippen molar-refractivity contribution in [3.63, 3.8) is 0 Å². The fourth-order valence-electron chi connectivity index (χ4n) is 2.15. The molecular weight excluding hydrogens is 277 g/mol. The minimum Gasteiger partial charge on any atom is -0.313 e. The van der Waals surface area contributed by atoms with Crippen molar-refractivity contribution in [1.29, 1.82) is 0 Å². The lowest BCUT2D eigenvalue weighted by molar-refractivity contribution is -0.150. The Morgan fingerprint density at radius 1 is 1.14 bits per heavy atom. The molecule has 0 atom stereocenters. The molecule has 1 aromatic carbocycles. The molecule has 0 aliphatic rings. The molecule has 1 rings (SSSR count). The minimum absolute atomic E-state index is 0.150. The zero-order chi connectivity index (χ0) is 15.9. The molecule has 0 radical (unpaired) electrons. The van der Waals surface area contributed by atoms with E-state index in [9.17, 15) is 13.2 Å². The lowest BCUT2D eigenvalue weighted by atomic mass is 10.1. The quantitative estimate of drug-likeness (QED) is 0.731. The van der Waals surface area contributed by atoms with E-state index < -0.39 is 12.7 Å². The van der Waals surface area contributed by atoms with Crippen LogP contribution in [0.25, 0.3) is 0 Å². The van der Waals surface area contributed by atoms with E-state index in [0.717, 1.165) is 24.1 Å². The van der Waals surface area contributed by atoms with Crippen molar-refractivity contribution in [3.05, 3.63) is 35.4 Å².